The Morgan fingerprint density at radius 2 is 2.38 bits per heavy atom. The van der Waals surface area contributed by atoms with Crippen LogP contribution in [0.1, 0.15) is 0 Å². The van der Waals surface area contributed by atoms with E-state index in [4.69, 9.17) is 5.73 Å². The standard InChI is InChI=1S/C6H10N2/c1-6(7)4-3-5-8-2/h3-5H,1,7H2,2H3/b4-3-,8-5-. The number of aliphatic imine (C=N–C) groups is 1. The third kappa shape index (κ3) is 4.95. The smallest absolute Gasteiger partial charge is 0.0277 e. The molecule has 8 heavy (non-hydrogen) atoms. The van der Waals surface area contributed by atoms with Crippen molar-refractivity contribution in [1.82, 2.24) is 0 Å². The van der Waals surface area contributed by atoms with E-state index in [2.05, 4.69) is 11.6 Å². The maximum Gasteiger partial charge on any atom is 0.0277 e. The van der Waals surface area contributed by atoms with Crippen molar-refractivity contribution in [3.8, 4) is 0 Å². The third-order valence-electron chi connectivity index (χ3n) is 0.545. The monoisotopic (exact) mass is 110 g/mol. The first-order valence-electron chi connectivity index (χ1n) is 2.30. The van der Waals surface area contributed by atoms with Gasteiger partial charge in [-0.05, 0) is 12.2 Å². The summed E-state index contributed by atoms with van der Waals surface area (Å²) < 4.78 is 0. The molecule has 0 fully saturated rings. The first kappa shape index (κ1) is 6.95. The molecule has 0 aromatic carbocycles. The lowest BCUT2D eigenvalue weighted by Gasteiger charge is -1.79. The molecule has 0 spiro atoms. The van der Waals surface area contributed by atoms with Gasteiger partial charge in [-0.1, -0.05) is 6.58 Å². The summed E-state index contributed by atoms with van der Waals surface area (Å²) in [6.45, 7) is 3.46. The number of nitrogens with two attached hydrogens (primary N) is 1. The van der Waals surface area contributed by atoms with Gasteiger partial charge >= 0.3 is 0 Å². The van der Waals surface area contributed by atoms with E-state index in [1.54, 1.807) is 25.4 Å². The van der Waals surface area contributed by atoms with E-state index in [0.29, 0.717) is 5.70 Å². The Bertz CT molecular complexity index is 122. The fourth-order valence-corrected chi connectivity index (χ4v) is 0.253. The summed E-state index contributed by atoms with van der Waals surface area (Å²) in [6.07, 6.45) is 5.08. The van der Waals surface area contributed by atoms with E-state index in [1.807, 2.05) is 0 Å². The van der Waals surface area contributed by atoms with Gasteiger partial charge < -0.3 is 5.73 Å². The molecule has 0 aliphatic heterocycles. The van der Waals surface area contributed by atoms with Crippen LogP contribution in [0.25, 0.3) is 0 Å². The van der Waals surface area contributed by atoms with Gasteiger partial charge in [0.1, 0.15) is 0 Å². The average Bonchev–Trinajstić information content (AvgIpc) is 1.66. The van der Waals surface area contributed by atoms with Gasteiger partial charge in [-0.2, -0.15) is 0 Å². The number of rotatable bonds is 2. The zero-order chi connectivity index (χ0) is 6.41. The number of hydrogen-bond acceptors (Lipinski definition) is 2. The SMILES string of the molecule is C=C(N)/C=C\C=N/C. The third-order valence-corrected chi connectivity index (χ3v) is 0.545. The zero-order valence-electron chi connectivity index (χ0n) is 4.96. The van der Waals surface area contributed by atoms with Crippen LogP contribution in [0.3, 0.4) is 0 Å². The maximum atomic E-state index is 5.19. The highest BCUT2D eigenvalue weighted by atomic mass is 14.6. The number of allylic oxidation sites excluding steroid dienone is 2. The molecular formula is C6H10N2. The van der Waals surface area contributed by atoms with Crippen LogP contribution in [0.15, 0.2) is 29.4 Å². The van der Waals surface area contributed by atoms with Crippen molar-refractivity contribution in [2.75, 3.05) is 7.05 Å². The second-order valence-electron chi connectivity index (χ2n) is 1.34. The molecule has 0 heterocycles. The molecule has 2 nitrogen and oxygen atoms in total. The summed E-state index contributed by atoms with van der Waals surface area (Å²) in [5.74, 6) is 0. The van der Waals surface area contributed by atoms with Crippen LogP contribution in [-0.4, -0.2) is 13.3 Å². The molecule has 0 rings (SSSR count). The lowest BCUT2D eigenvalue weighted by Crippen LogP contribution is -1.87. The van der Waals surface area contributed by atoms with E-state index >= 15 is 0 Å². The van der Waals surface area contributed by atoms with Gasteiger partial charge in [0, 0.05) is 19.0 Å². The topological polar surface area (TPSA) is 38.4 Å². The summed E-state index contributed by atoms with van der Waals surface area (Å²) in [4.78, 5) is 3.70. The van der Waals surface area contributed by atoms with Crippen molar-refractivity contribution >= 4 is 6.21 Å². The Balaban J connectivity index is 3.50. The van der Waals surface area contributed by atoms with Crippen LogP contribution >= 0.6 is 0 Å². The molecule has 0 radical (unpaired) electrons. The molecule has 0 aromatic rings. The van der Waals surface area contributed by atoms with Crippen molar-refractivity contribution in [2.45, 2.75) is 0 Å². The minimum Gasteiger partial charge on any atom is -0.399 e. The largest absolute Gasteiger partial charge is 0.399 e. The van der Waals surface area contributed by atoms with Crippen LogP contribution in [0, 0.1) is 0 Å². The van der Waals surface area contributed by atoms with Gasteiger partial charge in [0.05, 0.1) is 0 Å². The average molecular weight is 110 g/mol. The van der Waals surface area contributed by atoms with Crippen LogP contribution in [0.4, 0.5) is 0 Å². The van der Waals surface area contributed by atoms with Gasteiger partial charge in [-0.3, -0.25) is 4.99 Å². The van der Waals surface area contributed by atoms with E-state index in [0.717, 1.165) is 0 Å². The van der Waals surface area contributed by atoms with Crippen LogP contribution in [0.2, 0.25) is 0 Å². The van der Waals surface area contributed by atoms with E-state index in [9.17, 15) is 0 Å². The lowest BCUT2D eigenvalue weighted by atomic mass is 10.4. The molecule has 0 saturated heterocycles. The maximum absolute atomic E-state index is 5.19. The summed E-state index contributed by atoms with van der Waals surface area (Å²) in [5.41, 5.74) is 5.74. The number of hydrogen-bond donors (Lipinski definition) is 1. The van der Waals surface area contributed by atoms with Crippen molar-refractivity contribution in [1.29, 1.82) is 0 Å². The zero-order valence-corrected chi connectivity index (χ0v) is 4.96. The quantitative estimate of drug-likeness (QED) is 0.412. The molecular weight excluding hydrogens is 100 g/mol. The van der Waals surface area contributed by atoms with Gasteiger partial charge in [0.2, 0.25) is 0 Å². The molecule has 2 N–H and O–H groups in total. The van der Waals surface area contributed by atoms with Gasteiger partial charge in [0.15, 0.2) is 0 Å². The Labute approximate surface area is 49.4 Å². The van der Waals surface area contributed by atoms with Crippen LogP contribution in [-0.2, 0) is 0 Å². The van der Waals surface area contributed by atoms with Crippen molar-refractivity contribution in [2.24, 2.45) is 10.7 Å². The Kier molecular flexibility index (Phi) is 3.58. The summed E-state index contributed by atoms with van der Waals surface area (Å²) >= 11 is 0. The molecule has 0 aromatic heterocycles. The van der Waals surface area contributed by atoms with E-state index in [-0.39, 0.29) is 0 Å². The summed E-state index contributed by atoms with van der Waals surface area (Å²) in [5, 5.41) is 0. The molecule has 0 saturated carbocycles. The van der Waals surface area contributed by atoms with Crippen molar-refractivity contribution in [3.05, 3.63) is 24.4 Å². The molecule has 0 aliphatic carbocycles. The van der Waals surface area contributed by atoms with E-state index in [1.165, 1.54) is 0 Å². The predicted molar refractivity (Wildman–Crippen MR) is 36.9 cm³/mol. The molecule has 0 bridgehead atoms. The second kappa shape index (κ2) is 4.12. The molecule has 0 unspecified atom stereocenters. The highest BCUT2D eigenvalue weighted by molar-refractivity contribution is 5.71. The first-order chi connectivity index (χ1) is 3.77. The molecule has 0 atom stereocenters. The van der Waals surface area contributed by atoms with Crippen LogP contribution in [0.5, 0.6) is 0 Å². The van der Waals surface area contributed by atoms with Gasteiger partial charge in [-0.15, -0.1) is 0 Å². The molecule has 0 amide bonds. The predicted octanol–water partition coefficient (Wildman–Crippen LogP) is 0.716. The highest BCUT2D eigenvalue weighted by Gasteiger charge is 1.67. The fraction of sp³-hybridized carbons (Fsp3) is 0.167. The lowest BCUT2D eigenvalue weighted by molar-refractivity contribution is 1.45. The minimum atomic E-state index is 0.546. The Morgan fingerprint density at radius 1 is 1.75 bits per heavy atom. The normalized spacial score (nSPS) is 11.1. The minimum absolute atomic E-state index is 0.546. The number of nitrogens with zero attached hydrogens (tertiary/aromatic N) is 1. The molecule has 0 aliphatic rings. The van der Waals surface area contributed by atoms with Gasteiger partial charge in [-0.25, -0.2) is 0 Å². The Morgan fingerprint density at radius 3 is 2.75 bits per heavy atom. The second-order valence-corrected chi connectivity index (χ2v) is 1.34. The fourth-order valence-electron chi connectivity index (χ4n) is 0.253. The van der Waals surface area contributed by atoms with Gasteiger partial charge in [0.25, 0.3) is 0 Å². The van der Waals surface area contributed by atoms with Crippen LogP contribution < -0.4 is 5.73 Å². The Hall–Kier alpha value is -1.05. The summed E-state index contributed by atoms with van der Waals surface area (Å²) in [7, 11) is 1.70. The highest BCUT2D eigenvalue weighted by Crippen LogP contribution is 1.76. The van der Waals surface area contributed by atoms with E-state index < -0.39 is 0 Å². The summed E-state index contributed by atoms with van der Waals surface area (Å²) in [6, 6.07) is 0. The molecule has 44 valence electrons. The molecule has 2 heteroatoms. The van der Waals surface area contributed by atoms with Crippen molar-refractivity contribution in [3.63, 3.8) is 0 Å². The van der Waals surface area contributed by atoms with Crippen molar-refractivity contribution < 1.29 is 0 Å². The first-order valence-corrected chi connectivity index (χ1v) is 2.30.